The minimum Gasteiger partial charge on any atom is -0.507 e. The second-order valence-electron chi connectivity index (χ2n) is 4.60. The summed E-state index contributed by atoms with van der Waals surface area (Å²) < 4.78 is 14.7. The van der Waals surface area contributed by atoms with Crippen molar-refractivity contribution >= 4 is 16.3 Å². The molecule has 0 spiro atoms. The number of hydrogen-bond donors (Lipinski definition) is 1. The van der Waals surface area contributed by atoms with Gasteiger partial charge in [0.2, 0.25) is 4.96 Å². The molecule has 1 fully saturated rings. The minimum absolute atomic E-state index is 0.113. The first-order valence-electron chi connectivity index (χ1n) is 5.93. The van der Waals surface area contributed by atoms with Crippen LogP contribution in [0.3, 0.4) is 0 Å². The van der Waals surface area contributed by atoms with E-state index in [0.717, 1.165) is 24.7 Å². The highest BCUT2D eigenvalue weighted by Crippen LogP contribution is 2.40. The molecule has 3 aromatic rings. The highest BCUT2D eigenvalue weighted by atomic mass is 32.1. The average Bonchev–Trinajstić information content (AvgIpc) is 2.99. The lowest BCUT2D eigenvalue weighted by molar-refractivity contribution is 0.471. The van der Waals surface area contributed by atoms with E-state index in [1.807, 2.05) is 0 Å². The van der Waals surface area contributed by atoms with Crippen LogP contribution in [0.5, 0.6) is 5.75 Å². The first kappa shape index (κ1) is 10.9. The number of aromatic nitrogens is 4. The molecule has 4 rings (SSSR count). The zero-order chi connectivity index (χ0) is 13.0. The van der Waals surface area contributed by atoms with E-state index in [2.05, 4.69) is 15.3 Å². The maximum absolute atomic E-state index is 13.0. The van der Waals surface area contributed by atoms with Gasteiger partial charge in [0.05, 0.1) is 5.56 Å². The second-order valence-corrected chi connectivity index (χ2v) is 5.55. The fourth-order valence-corrected chi connectivity index (χ4v) is 2.90. The number of aromatic hydroxyl groups is 1. The highest BCUT2D eigenvalue weighted by molar-refractivity contribution is 7.19. The molecule has 1 aliphatic carbocycles. The second kappa shape index (κ2) is 3.74. The molecule has 1 saturated carbocycles. The average molecular weight is 276 g/mol. The maximum Gasteiger partial charge on any atom is 0.234 e. The molecule has 0 bridgehead atoms. The van der Waals surface area contributed by atoms with Crippen LogP contribution in [0.1, 0.15) is 24.6 Å². The largest absolute Gasteiger partial charge is 0.507 e. The summed E-state index contributed by atoms with van der Waals surface area (Å²) in [6, 6.07) is 3.91. The summed E-state index contributed by atoms with van der Waals surface area (Å²) in [5.41, 5.74) is 0.513. The van der Waals surface area contributed by atoms with Crippen LogP contribution >= 0.6 is 11.3 Å². The van der Waals surface area contributed by atoms with Crippen molar-refractivity contribution < 1.29 is 9.50 Å². The Morgan fingerprint density at radius 1 is 1.32 bits per heavy atom. The molecule has 1 N–H and O–H groups in total. The SMILES string of the molecule is Oc1cc(F)ccc1-c1nn2c(C3CC3)nnc2s1. The Morgan fingerprint density at radius 3 is 2.89 bits per heavy atom. The lowest BCUT2D eigenvalue weighted by Crippen LogP contribution is -1.93. The van der Waals surface area contributed by atoms with Crippen molar-refractivity contribution in [2.45, 2.75) is 18.8 Å². The predicted molar refractivity (Wildman–Crippen MR) is 67.7 cm³/mol. The number of fused-ring (bicyclic) bond motifs is 1. The molecule has 1 aromatic carbocycles. The first-order chi connectivity index (χ1) is 9.22. The van der Waals surface area contributed by atoms with E-state index < -0.39 is 5.82 Å². The third-order valence-corrected chi connectivity index (χ3v) is 4.08. The lowest BCUT2D eigenvalue weighted by atomic mass is 10.2. The molecule has 0 amide bonds. The molecule has 2 aromatic heterocycles. The summed E-state index contributed by atoms with van der Waals surface area (Å²) in [7, 11) is 0. The molecule has 7 heteroatoms. The standard InChI is InChI=1S/C12H9FN4OS/c13-7-3-4-8(9(18)5-7)11-16-17-10(6-1-2-6)14-15-12(17)19-11/h3-6,18H,1-2H2. The molecule has 5 nitrogen and oxygen atoms in total. The molecule has 19 heavy (non-hydrogen) atoms. The Hall–Kier alpha value is -2.02. The van der Waals surface area contributed by atoms with Gasteiger partial charge in [-0.2, -0.15) is 9.61 Å². The summed E-state index contributed by atoms with van der Waals surface area (Å²) in [4.78, 5) is 0.695. The first-order valence-corrected chi connectivity index (χ1v) is 6.75. The van der Waals surface area contributed by atoms with Gasteiger partial charge in [-0.25, -0.2) is 4.39 Å². The maximum atomic E-state index is 13.0. The number of phenols is 1. The van der Waals surface area contributed by atoms with Crippen molar-refractivity contribution in [3.8, 4) is 16.3 Å². The summed E-state index contributed by atoms with van der Waals surface area (Å²) in [5.74, 6) is 0.742. The Labute approximate surface area is 111 Å². The van der Waals surface area contributed by atoms with Crippen LogP contribution in [0.2, 0.25) is 0 Å². The fraction of sp³-hybridized carbons (Fsp3) is 0.250. The molecule has 0 unspecified atom stereocenters. The topological polar surface area (TPSA) is 63.3 Å². The third kappa shape index (κ3) is 1.69. The van der Waals surface area contributed by atoms with Crippen LogP contribution in [0.4, 0.5) is 4.39 Å². The summed E-state index contributed by atoms with van der Waals surface area (Å²) in [6.45, 7) is 0. The molecule has 1 aliphatic rings. The summed E-state index contributed by atoms with van der Waals surface area (Å²) in [6.07, 6.45) is 2.24. The van der Waals surface area contributed by atoms with E-state index in [9.17, 15) is 9.50 Å². The molecule has 2 heterocycles. The van der Waals surface area contributed by atoms with Gasteiger partial charge >= 0.3 is 0 Å². The van der Waals surface area contributed by atoms with Crippen LogP contribution in [0.15, 0.2) is 18.2 Å². The van der Waals surface area contributed by atoms with Crippen molar-refractivity contribution in [1.29, 1.82) is 0 Å². The number of hydrogen-bond acceptors (Lipinski definition) is 5. The van der Waals surface area contributed by atoms with Crippen molar-refractivity contribution in [1.82, 2.24) is 19.8 Å². The van der Waals surface area contributed by atoms with Crippen LogP contribution in [-0.4, -0.2) is 24.9 Å². The predicted octanol–water partition coefficient (Wildman–Crippen LogP) is 2.57. The number of benzene rings is 1. The Kier molecular flexibility index (Phi) is 2.14. The van der Waals surface area contributed by atoms with Gasteiger partial charge in [-0.05, 0) is 25.0 Å². The van der Waals surface area contributed by atoms with Gasteiger partial charge in [0.1, 0.15) is 11.6 Å². The van der Waals surface area contributed by atoms with Crippen molar-refractivity contribution in [3.63, 3.8) is 0 Å². The van der Waals surface area contributed by atoms with E-state index in [-0.39, 0.29) is 5.75 Å². The van der Waals surface area contributed by atoms with Gasteiger partial charge in [-0.1, -0.05) is 11.3 Å². The number of phenolic OH excluding ortho intramolecular Hbond substituents is 1. The Morgan fingerprint density at radius 2 is 2.16 bits per heavy atom. The zero-order valence-corrected chi connectivity index (χ0v) is 10.6. The number of halogens is 1. The smallest absolute Gasteiger partial charge is 0.234 e. The van der Waals surface area contributed by atoms with E-state index >= 15 is 0 Å². The Balaban J connectivity index is 1.86. The van der Waals surface area contributed by atoms with Gasteiger partial charge in [0.25, 0.3) is 0 Å². The molecular weight excluding hydrogens is 267 g/mol. The monoisotopic (exact) mass is 276 g/mol. The van der Waals surface area contributed by atoms with Crippen molar-refractivity contribution in [2.24, 2.45) is 0 Å². The molecule has 0 aliphatic heterocycles. The van der Waals surface area contributed by atoms with Gasteiger partial charge in [-0.3, -0.25) is 0 Å². The van der Waals surface area contributed by atoms with Gasteiger partial charge < -0.3 is 5.11 Å². The van der Waals surface area contributed by atoms with Crippen LogP contribution in [0, 0.1) is 5.82 Å². The Bertz CT molecular complexity index is 777. The van der Waals surface area contributed by atoms with E-state index in [0.29, 0.717) is 21.4 Å². The van der Waals surface area contributed by atoms with Crippen LogP contribution < -0.4 is 0 Å². The van der Waals surface area contributed by atoms with Gasteiger partial charge in [0.15, 0.2) is 10.8 Å². The molecule has 96 valence electrons. The summed E-state index contributed by atoms with van der Waals surface area (Å²) >= 11 is 1.33. The minimum atomic E-state index is -0.470. The van der Waals surface area contributed by atoms with Crippen molar-refractivity contribution in [3.05, 3.63) is 29.8 Å². The summed E-state index contributed by atoms with van der Waals surface area (Å²) in [5, 5.41) is 23.0. The molecular formula is C12H9FN4OS. The number of nitrogens with zero attached hydrogens (tertiary/aromatic N) is 4. The quantitative estimate of drug-likeness (QED) is 0.781. The van der Waals surface area contributed by atoms with Crippen LogP contribution in [0.25, 0.3) is 15.5 Å². The van der Waals surface area contributed by atoms with Gasteiger partial charge in [-0.15, -0.1) is 10.2 Å². The van der Waals surface area contributed by atoms with E-state index in [1.54, 1.807) is 4.52 Å². The highest BCUT2D eigenvalue weighted by Gasteiger charge is 2.30. The fourth-order valence-electron chi connectivity index (χ4n) is 2.02. The van der Waals surface area contributed by atoms with Crippen LogP contribution in [-0.2, 0) is 0 Å². The van der Waals surface area contributed by atoms with E-state index in [1.165, 1.54) is 23.5 Å². The lowest BCUT2D eigenvalue weighted by Gasteiger charge is -1.99. The van der Waals surface area contributed by atoms with Crippen molar-refractivity contribution in [2.75, 3.05) is 0 Å². The van der Waals surface area contributed by atoms with E-state index in [4.69, 9.17) is 0 Å². The molecule has 0 radical (unpaired) electrons. The zero-order valence-electron chi connectivity index (χ0n) is 9.75. The molecule has 0 atom stereocenters. The molecule has 0 saturated heterocycles. The normalized spacial score (nSPS) is 15.2. The van der Waals surface area contributed by atoms with Gasteiger partial charge in [0, 0.05) is 12.0 Å². The number of rotatable bonds is 2. The third-order valence-electron chi connectivity index (χ3n) is 3.15.